The monoisotopic (exact) mass is 858 g/mol. The van der Waals surface area contributed by atoms with Gasteiger partial charge in [0.25, 0.3) is 0 Å². The smallest absolute Gasteiger partial charge is 0.0475 e. The highest BCUT2D eigenvalue weighted by Gasteiger charge is 2.39. The van der Waals surface area contributed by atoms with Crippen LogP contribution in [0.25, 0.3) is 20.2 Å². The summed E-state index contributed by atoms with van der Waals surface area (Å²) in [4.78, 5) is 5.62. The van der Waals surface area contributed by atoms with Gasteiger partial charge in [-0.2, -0.15) is 0 Å². The van der Waals surface area contributed by atoms with Crippen LogP contribution in [-0.4, -0.2) is 4.98 Å². The maximum Gasteiger partial charge on any atom is 0.0475 e. The molecule has 0 saturated heterocycles. The van der Waals surface area contributed by atoms with Gasteiger partial charge in [-0.25, -0.2) is 0 Å². The van der Waals surface area contributed by atoms with Crippen LogP contribution >= 0.6 is 11.3 Å². The van der Waals surface area contributed by atoms with E-state index in [0.29, 0.717) is 23.7 Å². The topological polar surface area (TPSA) is 12.9 Å². The third kappa shape index (κ3) is 11.1. The zero-order valence-corrected chi connectivity index (χ0v) is 42.7. The SMILES string of the molecule is CCCC(C)CC(CCc1cc(C)c2sc3c(CCCC4CC(C)C(CC)C(CC)C4)cccc3c2c1)C1CC(C2CCCCC2)Cc2c(C(C)C(C)CC(C)C)cc(C)nc21. The Labute approximate surface area is 385 Å². The zero-order valence-electron chi connectivity index (χ0n) is 41.9. The van der Waals surface area contributed by atoms with Crippen molar-refractivity contribution in [3.8, 4) is 0 Å². The molecule has 0 radical (unpaired) electrons. The molecular formula is C60H91NS. The molecule has 0 amide bonds. The van der Waals surface area contributed by atoms with Crippen LogP contribution in [0.5, 0.6) is 0 Å². The lowest BCUT2D eigenvalue weighted by molar-refractivity contribution is 0.103. The first-order valence-electron chi connectivity index (χ1n) is 26.8. The molecule has 2 heterocycles. The van der Waals surface area contributed by atoms with Gasteiger partial charge in [-0.3, -0.25) is 4.98 Å². The van der Waals surface area contributed by atoms with Gasteiger partial charge in [-0.1, -0.05) is 151 Å². The zero-order chi connectivity index (χ0) is 44.1. The minimum Gasteiger partial charge on any atom is -0.258 e. The predicted molar refractivity (Wildman–Crippen MR) is 274 cm³/mol. The molecule has 10 atom stereocenters. The summed E-state index contributed by atoms with van der Waals surface area (Å²) in [6.07, 6.45) is 27.2. The van der Waals surface area contributed by atoms with Crippen molar-refractivity contribution < 1.29 is 0 Å². The summed E-state index contributed by atoms with van der Waals surface area (Å²) in [5.74, 6) is 9.39. The molecule has 342 valence electrons. The van der Waals surface area contributed by atoms with Crippen molar-refractivity contribution >= 4 is 31.5 Å². The summed E-state index contributed by atoms with van der Waals surface area (Å²) in [7, 11) is 0. The van der Waals surface area contributed by atoms with E-state index >= 15 is 0 Å². The van der Waals surface area contributed by atoms with E-state index in [-0.39, 0.29) is 0 Å². The maximum atomic E-state index is 5.62. The molecule has 2 aromatic carbocycles. The van der Waals surface area contributed by atoms with Crippen LogP contribution in [0.1, 0.15) is 223 Å². The minimum atomic E-state index is 0.573. The fourth-order valence-electron chi connectivity index (χ4n) is 14.5. The van der Waals surface area contributed by atoms with Gasteiger partial charge < -0.3 is 0 Å². The number of hydrogen-bond donors (Lipinski definition) is 0. The van der Waals surface area contributed by atoms with Crippen molar-refractivity contribution in [3.63, 3.8) is 0 Å². The van der Waals surface area contributed by atoms with Crippen LogP contribution in [0.4, 0.5) is 0 Å². The van der Waals surface area contributed by atoms with E-state index in [4.69, 9.17) is 4.98 Å². The molecule has 4 aromatic rings. The lowest BCUT2D eigenvalue weighted by atomic mass is 9.63. The maximum absolute atomic E-state index is 5.62. The number of rotatable bonds is 19. The molecular weight excluding hydrogens is 767 g/mol. The first kappa shape index (κ1) is 47.8. The molecule has 3 aliphatic rings. The molecule has 1 nitrogen and oxygen atoms in total. The number of nitrogens with zero attached hydrogens (tertiary/aromatic N) is 1. The van der Waals surface area contributed by atoms with E-state index in [2.05, 4.69) is 124 Å². The highest BCUT2D eigenvalue weighted by Crippen LogP contribution is 2.50. The number of aryl methyl sites for hydroxylation is 4. The van der Waals surface area contributed by atoms with E-state index in [0.717, 1.165) is 47.3 Å². The Balaban J connectivity index is 1.15. The molecule has 2 heteroatoms. The Morgan fingerprint density at radius 1 is 0.790 bits per heavy atom. The van der Waals surface area contributed by atoms with Crippen molar-refractivity contribution in [3.05, 3.63) is 75.6 Å². The van der Waals surface area contributed by atoms with Gasteiger partial charge >= 0.3 is 0 Å². The van der Waals surface area contributed by atoms with E-state index in [9.17, 15) is 0 Å². The highest BCUT2D eigenvalue weighted by atomic mass is 32.1. The van der Waals surface area contributed by atoms with Crippen molar-refractivity contribution in [2.24, 2.45) is 59.2 Å². The molecule has 10 unspecified atom stereocenters. The Bertz CT molecular complexity index is 2030. The van der Waals surface area contributed by atoms with Crippen molar-refractivity contribution in [1.82, 2.24) is 4.98 Å². The fraction of sp³-hybridized carbons (Fsp3) is 0.717. The lowest BCUT2D eigenvalue weighted by Crippen LogP contribution is -2.33. The third-order valence-corrected chi connectivity index (χ3v) is 19.1. The summed E-state index contributed by atoms with van der Waals surface area (Å²) in [6.45, 7) is 27.0. The molecule has 3 aliphatic carbocycles. The molecule has 7 rings (SSSR count). The third-order valence-electron chi connectivity index (χ3n) is 17.7. The predicted octanol–water partition coefficient (Wildman–Crippen LogP) is 18.6. The number of fused-ring (bicyclic) bond motifs is 4. The fourth-order valence-corrected chi connectivity index (χ4v) is 15.8. The standard InChI is InChI=1S/C60H91NS/c1-12-20-39(6)30-50(55-36-51(48-22-16-15-17-23-48)37-56-54(33-43(10)61-58(55)56)44(11)40(7)29-38(4)5)28-27-46-32-42(9)59-57(35-46)53-26-19-25-49(60(53)62-59)24-18-21-45-31-41(8)52(14-3)47(13-2)34-45/h19,25-26,32-33,35,38-41,44-45,47-48,50-52,55H,12-18,20-24,27-31,34,36-37H2,1-11H3. The largest absolute Gasteiger partial charge is 0.258 e. The van der Waals surface area contributed by atoms with Crippen molar-refractivity contribution in [1.29, 1.82) is 0 Å². The van der Waals surface area contributed by atoms with E-state index in [1.54, 1.807) is 27.0 Å². The second-order valence-electron chi connectivity index (χ2n) is 22.9. The number of hydrogen-bond acceptors (Lipinski definition) is 2. The molecule has 2 saturated carbocycles. The summed E-state index contributed by atoms with van der Waals surface area (Å²) >= 11 is 2.09. The average molecular weight is 858 g/mol. The Morgan fingerprint density at radius 2 is 1.58 bits per heavy atom. The van der Waals surface area contributed by atoms with Gasteiger partial charge in [-0.15, -0.1) is 11.3 Å². The lowest BCUT2D eigenvalue weighted by Gasteiger charge is -2.42. The summed E-state index contributed by atoms with van der Waals surface area (Å²) in [5, 5.41) is 3.02. The summed E-state index contributed by atoms with van der Waals surface area (Å²) in [6, 6.07) is 15.0. The summed E-state index contributed by atoms with van der Waals surface area (Å²) in [5.41, 5.74) is 10.8. The van der Waals surface area contributed by atoms with Gasteiger partial charge in [0.05, 0.1) is 0 Å². The molecule has 0 aliphatic heterocycles. The second-order valence-corrected chi connectivity index (χ2v) is 23.9. The first-order valence-corrected chi connectivity index (χ1v) is 27.6. The van der Waals surface area contributed by atoms with Gasteiger partial charge in [-0.05, 0) is 183 Å². The van der Waals surface area contributed by atoms with Crippen LogP contribution < -0.4 is 0 Å². The van der Waals surface area contributed by atoms with Crippen LogP contribution in [-0.2, 0) is 19.3 Å². The van der Waals surface area contributed by atoms with Gasteiger partial charge in [0.1, 0.15) is 0 Å². The Morgan fingerprint density at radius 3 is 2.31 bits per heavy atom. The number of pyridine rings is 1. The molecule has 0 N–H and O–H groups in total. The number of thiophene rings is 1. The molecule has 2 fully saturated rings. The first-order chi connectivity index (χ1) is 29.9. The summed E-state index contributed by atoms with van der Waals surface area (Å²) < 4.78 is 3.08. The van der Waals surface area contributed by atoms with E-state index in [1.807, 2.05) is 0 Å². The van der Waals surface area contributed by atoms with E-state index in [1.165, 1.54) is 161 Å². The normalized spacial score (nSPS) is 25.6. The van der Waals surface area contributed by atoms with Crippen molar-refractivity contribution in [2.45, 2.75) is 216 Å². The van der Waals surface area contributed by atoms with E-state index < -0.39 is 0 Å². The van der Waals surface area contributed by atoms with Crippen molar-refractivity contribution in [2.75, 3.05) is 0 Å². The molecule has 62 heavy (non-hydrogen) atoms. The second kappa shape index (κ2) is 21.9. The van der Waals surface area contributed by atoms with Gasteiger partial charge in [0.15, 0.2) is 0 Å². The highest BCUT2D eigenvalue weighted by molar-refractivity contribution is 7.26. The Hall–Kier alpha value is -2.19. The van der Waals surface area contributed by atoms with Gasteiger partial charge in [0, 0.05) is 37.5 Å². The average Bonchev–Trinajstić information content (AvgIpc) is 3.64. The molecule has 2 aromatic heterocycles. The van der Waals surface area contributed by atoms with Crippen LogP contribution in [0.15, 0.2) is 36.4 Å². The van der Waals surface area contributed by atoms with Crippen LogP contribution in [0.3, 0.4) is 0 Å². The molecule has 0 bridgehead atoms. The Kier molecular flexibility index (Phi) is 16.8. The van der Waals surface area contributed by atoms with Crippen LogP contribution in [0.2, 0.25) is 0 Å². The molecule has 0 spiro atoms. The number of benzene rings is 2. The number of aromatic nitrogens is 1. The quantitative estimate of drug-likeness (QED) is 0.0915. The minimum absolute atomic E-state index is 0.573. The van der Waals surface area contributed by atoms with Gasteiger partial charge in [0.2, 0.25) is 0 Å². The van der Waals surface area contributed by atoms with Crippen LogP contribution in [0, 0.1) is 73.0 Å².